The maximum Gasteiger partial charge on any atom is 0.379 e. The van der Waals surface area contributed by atoms with Crippen LogP contribution in [-0.4, -0.2) is 39.3 Å². The summed E-state index contributed by atoms with van der Waals surface area (Å²) in [5, 5.41) is 10.7. The van der Waals surface area contributed by atoms with Crippen LogP contribution in [0.25, 0.3) is 0 Å². The van der Waals surface area contributed by atoms with E-state index in [9.17, 15) is 9.59 Å². The lowest BCUT2D eigenvalue weighted by atomic mass is 10.0. The second-order valence-corrected chi connectivity index (χ2v) is 6.62. The van der Waals surface area contributed by atoms with Gasteiger partial charge < -0.3 is 27.6 Å². The molecule has 100 valence electrons. The van der Waals surface area contributed by atoms with Crippen LogP contribution in [0, 0.1) is 0 Å². The highest BCUT2D eigenvalue weighted by molar-refractivity contribution is 8.02. The summed E-state index contributed by atoms with van der Waals surface area (Å²) < 4.78 is 4.47. The van der Waals surface area contributed by atoms with E-state index in [2.05, 4.69) is 0 Å². The normalized spacial score (nSPS) is 30.5. The zero-order chi connectivity index (χ0) is 12.6. The molecule has 17 heavy (non-hydrogen) atoms. The Hall–Kier alpha value is -0.460. The molecule has 1 rings (SSSR count). The lowest BCUT2D eigenvalue weighted by Crippen LogP contribution is -3.00. The summed E-state index contributed by atoms with van der Waals surface area (Å²) >= 11 is 1.34. The topological polar surface area (TPSA) is 80.2 Å². The quantitative estimate of drug-likeness (QED) is 0.534. The molecule has 1 aliphatic rings. The van der Waals surface area contributed by atoms with Gasteiger partial charge in [0.2, 0.25) is 4.87 Å². The number of halogens is 1. The third-order valence-electron chi connectivity index (χ3n) is 2.66. The van der Waals surface area contributed by atoms with Crippen LogP contribution < -0.4 is 17.7 Å². The number of esters is 1. The van der Waals surface area contributed by atoms with Gasteiger partial charge in [0.05, 0.1) is 11.4 Å². The number of hydrogen-bond donors (Lipinski definition) is 2. The second-order valence-electron chi connectivity index (χ2n) is 4.52. The number of carbonyl (C=O) groups excluding carboxylic acids is 1. The molecular weight excluding hydrogens is 266 g/mol. The van der Waals surface area contributed by atoms with E-state index in [1.807, 2.05) is 13.8 Å². The van der Waals surface area contributed by atoms with Crippen molar-refractivity contribution in [2.75, 3.05) is 6.61 Å². The first-order valence-electron chi connectivity index (χ1n) is 5.19. The molecular formula is C10H18ClNO4S. The Morgan fingerprint density at radius 3 is 2.29 bits per heavy atom. The molecule has 0 spiro atoms. The van der Waals surface area contributed by atoms with Gasteiger partial charge in [0.1, 0.15) is 0 Å². The smallest absolute Gasteiger partial charge is 0.379 e. The lowest BCUT2D eigenvalue weighted by Gasteiger charge is -2.18. The number of quaternary nitrogens is 1. The number of hydrogen-bond acceptors (Lipinski definition) is 4. The number of carboxylic acids is 1. The van der Waals surface area contributed by atoms with Crippen LogP contribution in [0.5, 0.6) is 0 Å². The van der Waals surface area contributed by atoms with Crippen LogP contribution in [-0.2, 0) is 14.3 Å². The van der Waals surface area contributed by atoms with E-state index in [-0.39, 0.29) is 18.4 Å². The molecule has 0 aliphatic carbocycles. The SMILES string of the molecule is CCOC(=O)C1(C)[NH2+]C(C(=O)O)C(C)(C)S1.[Cl-]. The van der Waals surface area contributed by atoms with E-state index < -0.39 is 21.6 Å². The van der Waals surface area contributed by atoms with Gasteiger partial charge in [-0.1, -0.05) is 11.8 Å². The van der Waals surface area contributed by atoms with Crippen molar-refractivity contribution in [2.45, 2.75) is 43.4 Å². The predicted molar refractivity (Wildman–Crippen MR) is 60.1 cm³/mol. The Morgan fingerprint density at radius 2 is 1.94 bits per heavy atom. The molecule has 0 saturated carbocycles. The van der Waals surface area contributed by atoms with Crippen molar-refractivity contribution in [1.82, 2.24) is 0 Å². The summed E-state index contributed by atoms with van der Waals surface area (Å²) in [7, 11) is 0. The summed E-state index contributed by atoms with van der Waals surface area (Å²) in [5.74, 6) is -1.26. The van der Waals surface area contributed by atoms with Crippen LogP contribution in [0.2, 0.25) is 0 Å². The summed E-state index contributed by atoms with van der Waals surface area (Å²) in [6.07, 6.45) is 0. The number of carboxylic acid groups (broad SMARTS) is 1. The van der Waals surface area contributed by atoms with Gasteiger partial charge in [-0.15, -0.1) is 0 Å². The molecule has 5 nitrogen and oxygen atoms in total. The molecule has 3 N–H and O–H groups in total. The molecule has 2 atom stereocenters. The fourth-order valence-electron chi connectivity index (χ4n) is 1.92. The summed E-state index contributed by atoms with van der Waals surface area (Å²) in [5.41, 5.74) is 0. The molecule has 0 bridgehead atoms. The van der Waals surface area contributed by atoms with E-state index in [1.165, 1.54) is 11.8 Å². The second kappa shape index (κ2) is 5.46. The van der Waals surface area contributed by atoms with E-state index >= 15 is 0 Å². The van der Waals surface area contributed by atoms with Gasteiger partial charge in [-0.3, -0.25) is 0 Å². The molecule has 0 radical (unpaired) electrons. The zero-order valence-corrected chi connectivity index (χ0v) is 11.9. The van der Waals surface area contributed by atoms with Gasteiger partial charge >= 0.3 is 11.9 Å². The molecule has 0 aromatic carbocycles. The molecule has 1 heterocycles. The van der Waals surface area contributed by atoms with Gasteiger partial charge in [-0.05, 0) is 20.8 Å². The number of ether oxygens (including phenoxy) is 1. The molecule has 0 aromatic rings. The third kappa shape index (κ3) is 3.26. The van der Waals surface area contributed by atoms with Crippen LogP contribution in [0.1, 0.15) is 27.7 Å². The Balaban J connectivity index is 0.00000256. The Morgan fingerprint density at radius 1 is 1.41 bits per heavy atom. The molecule has 0 amide bonds. The van der Waals surface area contributed by atoms with Crippen LogP contribution >= 0.6 is 11.8 Å². The molecule has 7 heteroatoms. The van der Waals surface area contributed by atoms with Gasteiger partial charge in [0.15, 0.2) is 6.04 Å². The predicted octanol–water partition coefficient (Wildman–Crippen LogP) is -3.19. The highest BCUT2D eigenvalue weighted by atomic mass is 35.5. The van der Waals surface area contributed by atoms with Crippen LogP contribution in [0.4, 0.5) is 0 Å². The van der Waals surface area contributed by atoms with E-state index in [0.29, 0.717) is 6.61 Å². The minimum Gasteiger partial charge on any atom is -1.00 e. The van der Waals surface area contributed by atoms with Crippen molar-refractivity contribution in [1.29, 1.82) is 0 Å². The average Bonchev–Trinajstić information content (AvgIpc) is 2.38. The first-order chi connectivity index (χ1) is 7.23. The molecule has 2 unspecified atom stereocenters. The van der Waals surface area contributed by atoms with Crippen LogP contribution in [0.15, 0.2) is 0 Å². The van der Waals surface area contributed by atoms with Crippen molar-refractivity contribution >= 4 is 23.7 Å². The zero-order valence-electron chi connectivity index (χ0n) is 10.3. The summed E-state index contributed by atoms with van der Waals surface area (Å²) in [6.45, 7) is 7.41. The van der Waals surface area contributed by atoms with Crippen molar-refractivity contribution in [3.8, 4) is 0 Å². The van der Waals surface area contributed by atoms with Gasteiger partial charge in [0, 0.05) is 6.92 Å². The Kier molecular flexibility index (Phi) is 5.31. The molecule has 1 fully saturated rings. The Labute approximate surface area is 111 Å². The largest absolute Gasteiger partial charge is 1.00 e. The fraction of sp³-hybridized carbons (Fsp3) is 0.800. The van der Waals surface area contributed by atoms with Gasteiger partial charge in [0.25, 0.3) is 0 Å². The standard InChI is InChI=1S/C10H17NO4S.ClH/c1-5-15-8(14)10(4)11-6(7(12)13)9(2,3)16-10;/h6,11H,5H2,1-4H3,(H,12,13);1H. The van der Waals surface area contributed by atoms with E-state index in [1.54, 1.807) is 19.2 Å². The van der Waals surface area contributed by atoms with E-state index in [0.717, 1.165) is 0 Å². The lowest BCUT2D eigenvalue weighted by molar-refractivity contribution is -0.703. The average molecular weight is 284 g/mol. The number of rotatable bonds is 3. The first-order valence-corrected chi connectivity index (χ1v) is 6.01. The molecule has 1 saturated heterocycles. The number of thioether (sulfide) groups is 1. The first kappa shape index (κ1) is 16.5. The summed E-state index contributed by atoms with van der Waals surface area (Å²) in [6, 6.07) is -0.632. The van der Waals surface area contributed by atoms with Crippen molar-refractivity contribution in [3.05, 3.63) is 0 Å². The minimum absolute atomic E-state index is 0. The number of aliphatic carboxylic acids is 1. The van der Waals surface area contributed by atoms with E-state index in [4.69, 9.17) is 9.84 Å². The fourth-order valence-corrected chi connectivity index (χ4v) is 3.65. The highest BCUT2D eigenvalue weighted by Gasteiger charge is 2.59. The maximum absolute atomic E-state index is 11.8. The highest BCUT2D eigenvalue weighted by Crippen LogP contribution is 2.40. The monoisotopic (exact) mass is 283 g/mol. The maximum atomic E-state index is 11.8. The van der Waals surface area contributed by atoms with Crippen LogP contribution in [0.3, 0.4) is 0 Å². The number of nitrogens with two attached hydrogens (primary N) is 1. The van der Waals surface area contributed by atoms with Crippen molar-refractivity contribution in [2.24, 2.45) is 0 Å². The van der Waals surface area contributed by atoms with Gasteiger partial charge in [-0.2, -0.15) is 0 Å². The van der Waals surface area contributed by atoms with Gasteiger partial charge in [-0.25, -0.2) is 9.59 Å². The Bertz CT molecular complexity index is 323. The minimum atomic E-state index is -0.898. The molecule has 0 aromatic heterocycles. The molecule has 1 aliphatic heterocycles. The third-order valence-corrected chi connectivity index (χ3v) is 4.16. The number of carbonyl (C=O) groups is 2. The summed E-state index contributed by atoms with van der Waals surface area (Å²) in [4.78, 5) is 22.0. The van der Waals surface area contributed by atoms with Crippen molar-refractivity contribution < 1.29 is 37.2 Å². The van der Waals surface area contributed by atoms with Crippen molar-refractivity contribution in [3.63, 3.8) is 0 Å².